The van der Waals surface area contributed by atoms with E-state index in [1.54, 1.807) is 0 Å². The van der Waals surface area contributed by atoms with Crippen molar-refractivity contribution in [2.24, 2.45) is 0 Å². The smallest absolute Gasteiger partial charge is 1.00 e. The van der Waals surface area contributed by atoms with Crippen molar-refractivity contribution in [1.29, 1.82) is 0 Å². The standard InChI is InChI=1S/C35H37.2ClH.Zr/c1-22(2)29-21-30-27-18-17-25(34(3,4)5)19-24(27)20-31(30)32(33(29)35(6,7)8)28-16-12-15-26(28)23-13-10-9-11-14-23;;;/h9-15,17-19,21H,16H2,1-8H3;2*1H;/q-1;;;+3/p-2. The van der Waals surface area contributed by atoms with Crippen LogP contribution in [-0.2, 0) is 37.0 Å². The third-order valence-electron chi connectivity index (χ3n) is 7.37. The predicted molar refractivity (Wildman–Crippen MR) is 153 cm³/mol. The van der Waals surface area contributed by atoms with E-state index in [9.17, 15) is 0 Å². The average molecular weight is 620 g/mol. The maximum atomic E-state index is 3.92. The molecule has 0 saturated heterocycles. The molecule has 0 nitrogen and oxygen atoms in total. The van der Waals surface area contributed by atoms with Gasteiger partial charge in [0.1, 0.15) is 0 Å². The van der Waals surface area contributed by atoms with Crippen LogP contribution in [0.25, 0.3) is 33.9 Å². The van der Waals surface area contributed by atoms with Gasteiger partial charge in [-0.25, -0.2) is 0 Å². The summed E-state index contributed by atoms with van der Waals surface area (Å²) >= 11 is 0. The molecular weight excluding hydrogens is 583 g/mol. The fourth-order valence-corrected chi connectivity index (χ4v) is 5.61. The number of rotatable bonds is 2. The van der Waals surface area contributed by atoms with Crippen LogP contribution < -0.4 is 35.3 Å². The van der Waals surface area contributed by atoms with Gasteiger partial charge in [0.25, 0.3) is 0 Å². The molecular formula is C35H37Cl2Zr. The molecule has 0 amide bonds. The fourth-order valence-electron chi connectivity index (χ4n) is 5.61. The van der Waals surface area contributed by atoms with E-state index in [1.165, 1.54) is 66.1 Å². The van der Waals surface area contributed by atoms with Gasteiger partial charge in [0, 0.05) is 0 Å². The van der Waals surface area contributed by atoms with Gasteiger partial charge in [0.2, 0.25) is 0 Å². The second-order valence-corrected chi connectivity index (χ2v) is 12.3. The Morgan fingerprint density at radius 2 is 1.45 bits per heavy atom. The van der Waals surface area contributed by atoms with Gasteiger partial charge in [-0.05, 0) is 47.5 Å². The Hall–Kier alpha value is -1.66. The number of benzene rings is 3. The Labute approximate surface area is 261 Å². The van der Waals surface area contributed by atoms with Crippen LogP contribution in [0.5, 0.6) is 0 Å². The van der Waals surface area contributed by atoms with Crippen molar-refractivity contribution in [3.8, 4) is 11.1 Å². The number of halogens is 2. The summed E-state index contributed by atoms with van der Waals surface area (Å²) in [5.74, 6) is 0. The molecule has 0 fully saturated rings. The van der Waals surface area contributed by atoms with Crippen molar-refractivity contribution in [2.75, 3.05) is 0 Å². The molecule has 0 saturated carbocycles. The quantitative estimate of drug-likeness (QED) is 0.302. The van der Waals surface area contributed by atoms with E-state index in [-0.39, 0.29) is 61.8 Å². The second-order valence-electron chi connectivity index (χ2n) is 12.3. The zero-order valence-electron chi connectivity index (χ0n) is 23.8. The third-order valence-corrected chi connectivity index (χ3v) is 7.37. The maximum Gasteiger partial charge on any atom is 3.00 e. The normalized spacial score (nSPS) is 13.6. The van der Waals surface area contributed by atoms with Crippen LogP contribution in [0.3, 0.4) is 0 Å². The predicted octanol–water partition coefficient (Wildman–Crippen LogP) is 2.03. The first-order valence-electron chi connectivity index (χ1n) is 12.9. The minimum Gasteiger partial charge on any atom is -1.00 e. The number of hydrogen-bond acceptors (Lipinski definition) is 0. The van der Waals surface area contributed by atoms with Gasteiger partial charge in [-0.1, -0.05) is 130 Å². The van der Waals surface area contributed by atoms with Gasteiger partial charge in [-0.2, -0.15) is 0 Å². The molecule has 38 heavy (non-hydrogen) atoms. The van der Waals surface area contributed by atoms with E-state index in [0.29, 0.717) is 0 Å². The van der Waals surface area contributed by atoms with E-state index < -0.39 is 0 Å². The van der Waals surface area contributed by atoms with E-state index >= 15 is 0 Å². The molecule has 0 bridgehead atoms. The molecule has 195 valence electrons. The molecule has 2 aliphatic rings. The summed E-state index contributed by atoms with van der Waals surface area (Å²) in [6, 6.07) is 20.3. The minimum atomic E-state index is 0. The zero-order valence-corrected chi connectivity index (χ0v) is 27.8. The molecule has 3 heteroatoms. The van der Waals surface area contributed by atoms with Crippen LogP contribution >= 0.6 is 0 Å². The average Bonchev–Trinajstić information content (AvgIpc) is 3.41. The van der Waals surface area contributed by atoms with Crippen LogP contribution in [0, 0.1) is 0 Å². The maximum absolute atomic E-state index is 3.92. The molecule has 3 aromatic rings. The number of allylic oxidation sites excluding steroid dienone is 4. The van der Waals surface area contributed by atoms with Crippen LogP contribution in [0.1, 0.15) is 89.6 Å². The molecule has 0 aromatic heterocycles. The zero-order chi connectivity index (χ0) is 25.1. The van der Waals surface area contributed by atoms with Crippen molar-refractivity contribution in [2.45, 2.75) is 72.6 Å². The second kappa shape index (κ2) is 11.8. The van der Waals surface area contributed by atoms with E-state index in [0.717, 1.165) is 6.42 Å². The van der Waals surface area contributed by atoms with Crippen molar-refractivity contribution >= 4 is 22.8 Å². The molecule has 3 aromatic carbocycles. The van der Waals surface area contributed by atoms with Crippen molar-refractivity contribution < 1.29 is 51.0 Å². The SMILES string of the molecule is CC(C)=c1cc2c(c(C3=C(c4ccccc4)C=CC3)c1C(C)(C)C)=[C-]c1cc(C(C)(C)C)ccc1-2.[Cl-].[Cl-].[Zr+3]. The minimum absolute atomic E-state index is 0. The Morgan fingerprint density at radius 1 is 0.789 bits per heavy atom. The van der Waals surface area contributed by atoms with Crippen molar-refractivity contribution in [1.82, 2.24) is 0 Å². The molecule has 0 spiro atoms. The van der Waals surface area contributed by atoms with Crippen LogP contribution in [0.15, 0.2) is 66.7 Å². The van der Waals surface area contributed by atoms with Crippen LogP contribution in [0.2, 0.25) is 0 Å². The number of fused-ring (bicyclic) bond motifs is 3. The Bertz CT molecular complexity index is 1520. The van der Waals surface area contributed by atoms with Crippen LogP contribution in [0.4, 0.5) is 0 Å². The summed E-state index contributed by atoms with van der Waals surface area (Å²) in [5, 5.41) is 2.65. The molecule has 1 radical (unpaired) electrons. The van der Waals surface area contributed by atoms with Crippen molar-refractivity contribution in [3.63, 3.8) is 0 Å². The molecule has 0 aliphatic heterocycles. The fraction of sp³-hybridized carbons (Fsp3) is 0.314. The Morgan fingerprint density at radius 3 is 2.03 bits per heavy atom. The molecule has 0 unspecified atom stereocenters. The van der Waals surface area contributed by atoms with Gasteiger partial charge in [0.05, 0.1) is 0 Å². The Kier molecular flexibility index (Phi) is 10.1. The summed E-state index contributed by atoms with van der Waals surface area (Å²) in [4.78, 5) is 0. The van der Waals surface area contributed by atoms with Gasteiger partial charge in [-0.3, -0.25) is 0 Å². The monoisotopic (exact) mass is 617 g/mol. The first-order valence-corrected chi connectivity index (χ1v) is 12.9. The van der Waals surface area contributed by atoms with Gasteiger partial charge in [-0.15, -0.1) is 34.1 Å². The molecule has 5 rings (SSSR count). The Balaban J connectivity index is 0.00000169. The van der Waals surface area contributed by atoms with Gasteiger partial charge < -0.3 is 24.8 Å². The van der Waals surface area contributed by atoms with Crippen LogP contribution in [-0.4, -0.2) is 0 Å². The summed E-state index contributed by atoms with van der Waals surface area (Å²) < 4.78 is 0. The summed E-state index contributed by atoms with van der Waals surface area (Å²) in [7, 11) is 0. The van der Waals surface area contributed by atoms with Crippen molar-refractivity contribution in [3.05, 3.63) is 105 Å². The summed E-state index contributed by atoms with van der Waals surface area (Å²) in [6.45, 7) is 18.4. The summed E-state index contributed by atoms with van der Waals surface area (Å²) in [6.07, 6.45) is 9.51. The largest absolute Gasteiger partial charge is 3.00 e. The molecule has 0 heterocycles. The summed E-state index contributed by atoms with van der Waals surface area (Å²) in [5.41, 5.74) is 13.6. The first-order chi connectivity index (χ1) is 16.5. The molecule has 0 N–H and O–H groups in total. The topological polar surface area (TPSA) is 0 Å². The van der Waals surface area contributed by atoms with E-state index in [4.69, 9.17) is 0 Å². The molecule has 0 atom stereocenters. The number of hydrogen-bond donors (Lipinski definition) is 0. The van der Waals surface area contributed by atoms with Gasteiger partial charge in [0.15, 0.2) is 0 Å². The third kappa shape index (κ3) is 5.77. The first kappa shape index (κ1) is 32.6. The van der Waals surface area contributed by atoms with E-state index in [2.05, 4.69) is 128 Å². The van der Waals surface area contributed by atoms with E-state index in [1.807, 2.05) is 0 Å². The van der Waals surface area contributed by atoms with Gasteiger partial charge >= 0.3 is 26.2 Å². The molecule has 2 aliphatic carbocycles.